The lowest BCUT2D eigenvalue weighted by Gasteiger charge is -2.31. The Morgan fingerprint density at radius 1 is 1.18 bits per heavy atom. The van der Waals surface area contributed by atoms with Gasteiger partial charge in [-0.1, -0.05) is 24.3 Å². The molecule has 0 bridgehead atoms. The van der Waals surface area contributed by atoms with Crippen molar-refractivity contribution >= 4 is 16.9 Å². The number of para-hydroxylation sites is 1. The Hall–Kier alpha value is -2.90. The lowest BCUT2D eigenvalue weighted by molar-refractivity contribution is 0.0278. The number of piperidine rings is 1. The lowest BCUT2D eigenvalue weighted by atomic mass is 9.89. The van der Waals surface area contributed by atoms with E-state index in [-0.39, 0.29) is 12.0 Å². The number of nitrogens with zero attached hydrogens (tertiary/aromatic N) is 2. The summed E-state index contributed by atoms with van der Waals surface area (Å²) < 4.78 is 27.5. The molecule has 176 valence electrons. The molecule has 2 aromatic carbocycles. The average molecular weight is 455 g/mol. The first-order chi connectivity index (χ1) is 16.0. The fraction of sp³-hybridized carbons (Fsp3) is 0.423. The van der Waals surface area contributed by atoms with Gasteiger partial charge in [0, 0.05) is 24.7 Å². The summed E-state index contributed by atoms with van der Waals surface area (Å²) >= 11 is 0. The quantitative estimate of drug-likeness (QED) is 0.476. The third-order valence-electron chi connectivity index (χ3n) is 6.45. The molecule has 1 aromatic heterocycles. The zero-order chi connectivity index (χ0) is 23.4. The van der Waals surface area contributed by atoms with E-state index in [4.69, 9.17) is 9.47 Å². The lowest BCUT2D eigenvalue weighted by Crippen LogP contribution is -2.36. The maximum Gasteiger partial charge on any atom is 0.342 e. The van der Waals surface area contributed by atoms with Crippen LogP contribution in [-0.2, 0) is 4.74 Å². The summed E-state index contributed by atoms with van der Waals surface area (Å²) in [5.74, 6) is -1.54. The van der Waals surface area contributed by atoms with Crippen molar-refractivity contribution in [3.63, 3.8) is 0 Å². The molecule has 33 heavy (non-hydrogen) atoms. The number of carbonyl (C=O) groups is 1. The van der Waals surface area contributed by atoms with Crippen molar-refractivity contribution in [2.75, 3.05) is 32.8 Å². The van der Waals surface area contributed by atoms with Crippen molar-refractivity contribution in [2.24, 2.45) is 0 Å². The molecule has 6 nitrogen and oxygen atoms in total. The molecular weight excluding hydrogens is 423 g/mol. The highest BCUT2D eigenvalue weighted by Gasteiger charge is 2.25. The van der Waals surface area contributed by atoms with Gasteiger partial charge in [-0.2, -0.15) is 0 Å². The maximum atomic E-state index is 13.8. The van der Waals surface area contributed by atoms with Crippen LogP contribution in [0.15, 0.2) is 48.7 Å². The third-order valence-corrected chi connectivity index (χ3v) is 6.45. The van der Waals surface area contributed by atoms with E-state index in [9.17, 15) is 14.3 Å². The molecule has 0 spiro atoms. The van der Waals surface area contributed by atoms with E-state index in [1.807, 2.05) is 6.92 Å². The summed E-state index contributed by atoms with van der Waals surface area (Å²) in [5, 5.41) is 10.5. The van der Waals surface area contributed by atoms with Crippen LogP contribution in [0.5, 0.6) is 5.75 Å². The van der Waals surface area contributed by atoms with Crippen molar-refractivity contribution in [1.82, 2.24) is 9.47 Å². The Kier molecular flexibility index (Phi) is 7.30. The summed E-state index contributed by atoms with van der Waals surface area (Å²) in [7, 11) is 0. The largest absolute Gasteiger partial charge is 0.491 e. The monoisotopic (exact) mass is 454 g/mol. The highest BCUT2D eigenvalue weighted by Crippen LogP contribution is 2.35. The first kappa shape index (κ1) is 23.3. The number of fused-ring (bicyclic) bond motifs is 1. The van der Waals surface area contributed by atoms with Crippen molar-refractivity contribution in [1.29, 1.82) is 0 Å². The summed E-state index contributed by atoms with van der Waals surface area (Å²) in [6.07, 6.45) is 4.32. The minimum Gasteiger partial charge on any atom is -0.491 e. The van der Waals surface area contributed by atoms with E-state index in [2.05, 4.69) is 46.9 Å². The molecular formula is C26H31FN2O4. The topological polar surface area (TPSA) is 63.9 Å². The van der Waals surface area contributed by atoms with E-state index >= 15 is 0 Å². The van der Waals surface area contributed by atoms with Crippen LogP contribution in [0, 0.1) is 5.82 Å². The number of halogens is 1. The molecule has 1 aliphatic rings. The van der Waals surface area contributed by atoms with Gasteiger partial charge in [-0.05, 0) is 69.5 Å². The van der Waals surface area contributed by atoms with E-state index in [0.29, 0.717) is 25.7 Å². The van der Waals surface area contributed by atoms with Crippen LogP contribution < -0.4 is 4.74 Å². The number of ether oxygens (including phenoxy) is 2. The highest BCUT2D eigenvalue weighted by molar-refractivity contribution is 5.91. The van der Waals surface area contributed by atoms with Gasteiger partial charge in [-0.15, -0.1) is 0 Å². The standard InChI is InChI=1S/C26H31FN2O4/c1-3-32-18(2)29-17-21(20-7-4-5-9-23(20)29)19-11-13-28(14-12-19)15-16-33-24-10-6-8-22(27)25(24)26(30)31/h4-10,17-19H,3,11-16H2,1-2H3,(H,30,31). The molecule has 1 N–H and O–H groups in total. The second-order valence-electron chi connectivity index (χ2n) is 8.45. The molecule has 4 rings (SSSR count). The first-order valence-electron chi connectivity index (χ1n) is 11.6. The third kappa shape index (κ3) is 5.04. The van der Waals surface area contributed by atoms with Crippen LogP contribution in [-0.4, -0.2) is 53.4 Å². The smallest absolute Gasteiger partial charge is 0.342 e. The van der Waals surface area contributed by atoms with Crippen LogP contribution in [0.25, 0.3) is 10.9 Å². The number of rotatable bonds is 9. The number of aromatic carboxylic acids is 1. The fourth-order valence-corrected chi connectivity index (χ4v) is 4.76. The Morgan fingerprint density at radius 3 is 2.67 bits per heavy atom. The van der Waals surface area contributed by atoms with Crippen LogP contribution in [0.3, 0.4) is 0 Å². The molecule has 1 saturated heterocycles. The maximum absolute atomic E-state index is 13.8. The zero-order valence-electron chi connectivity index (χ0n) is 19.2. The van der Waals surface area contributed by atoms with Gasteiger partial charge in [0.15, 0.2) is 0 Å². The predicted molar refractivity (Wildman–Crippen MR) is 126 cm³/mol. The first-order valence-corrected chi connectivity index (χ1v) is 11.6. The Bertz CT molecular complexity index is 1100. The van der Waals surface area contributed by atoms with E-state index in [1.165, 1.54) is 28.6 Å². The number of carboxylic acids is 1. The normalized spacial score (nSPS) is 16.2. The van der Waals surface area contributed by atoms with Crippen LogP contribution in [0.2, 0.25) is 0 Å². The number of carboxylic acid groups (broad SMARTS) is 1. The van der Waals surface area contributed by atoms with Gasteiger partial charge in [0.05, 0.1) is 5.52 Å². The minimum absolute atomic E-state index is 0.00981. The molecule has 0 amide bonds. The average Bonchev–Trinajstić information content (AvgIpc) is 3.19. The van der Waals surface area contributed by atoms with Crippen molar-refractivity contribution in [2.45, 2.75) is 38.8 Å². The molecule has 1 unspecified atom stereocenters. The van der Waals surface area contributed by atoms with Crippen molar-refractivity contribution in [3.8, 4) is 5.75 Å². The van der Waals surface area contributed by atoms with Crippen LogP contribution in [0.1, 0.15) is 54.8 Å². The predicted octanol–water partition coefficient (Wildman–Crippen LogP) is 5.29. The van der Waals surface area contributed by atoms with E-state index in [0.717, 1.165) is 32.0 Å². The molecule has 7 heteroatoms. The number of hydrogen-bond donors (Lipinski definition) is 1. The summed E-state index contributed by atoms with van der Waals surface area (Å²) in [6, 6.07) is 12.6. The van der Waals surface area contributed by atoms with Gasteiger partial charge < -0.3 is 19.1 Å². The number of likely N-dealkylation sites (tertiary alicyclic amines) is 1. The van der Waals surface area contributed by atoms with E-state index < -0.39 is 17.3 Å². The number of benzene rings is 2. The number of aromatic nitrogens is 1. The van der Waals surface area contributed by atoms with Gasteiger partial charge in [0.25, 0.3) is 0 Å². The number of hydrogen-bond acceptors (Lipinski definition) is 4. The molecule has 3 aromatic rings. The molecule has 2 heterocycles. The SMILES string of the molecule is CCOC(C)n1cc(C2CCN(CCOc3cccc(F)c3C(=O)O)CC2)c2ccccc21. The van der Waals surface area contributed by atoms with Crippen molar-refractivity contribution in [3.05, 3.63) is 65.6 Å². The fourth-order valence-electron chi connectivity index (χ4n) is 4.76. The van der Waals surface area contributed by atoms with Gasteiger partial charge in [-0.25, -0.2) is 9.18 Å². The van der Waals surface area contributed by atoms with Gasteiger partial charge in [0.2, 0.25) is 0 Å². The molecule has 0 aliphatic carbocycles. The minimum atomic E-state index is -1.32. The van der Waals surface area contributed by atoms with Crippen LogP contribution in [0.4, 0.5) is 4.39 Å². The molecule has 0 saturated carbocycles. The summed E-state index contributed by atoms with van der Waals surface area (Å²) in [6.45, 7) is 7.63. The molecule has 1 aliphatic heterocycles. The molecule has 1 fully saturated rings. The van der Waals surface area contributed by atoms with Gasteiger partial charge >= 0.3 is 5.97 Å². The second-order valence-corrected chi connectivity index (χ2v) is 8.45. The second kappa shape index (κ2) is 10.4. The molecule has 1 atom stereocenters. The Morgan fingerprint density at radius 2 is 1.94 bits per heavy atom. The Balaban J connectivity index is 1.37. The summed E-state index contributed by atoms with van der Waals surface area (Å²) in [5.41, 5.74) is 2.17. The van der Waals surface area contributed by atoms with Crippen molar-refractivity contribution < 1.29 is 23.8 Å². The Labute approximate surface area is 193 Å². The molecule has 0 radical (unpaired) electrons. The van der Waals surface area contributed by atoms with Gasteiger partial charge in [0.1, 0.15) is 30.0 Å². The highest BCUT2D eigenvalue weighted by atomic mass is 19.1. The van der Waals surface area contributed by atoms with Crippen LogP contribution >= 0.6 is 0 Å². The zero-order valence-corrected chi connectivity index (χ0v) is 19.2. The van der Waals surface area contributed by atoms with Gasteiger partial charge in [-0.3, -0.25) is 4.90 Å². The van der Waals surface area contributed by atoms with E-state index in [1.54, 1.807) is 0 Å². The summed E-state index contributed by atoms with van der Waals surface area (Å²) in [4.78, 5) is 13.6.